The summed E-state index contributed by atoms with van der Waals surface area (Å²) in [5.41, 5.74) is 5.08. The van der Waals surface area contributed by atoms with Crippen molar-refractivity contribution >= 4 is 30.2 Å². The van der Waals surface area contributed by atoms with Gasteiger partial charge in [-0.05, 0) is 48.8 Å². The van der Waals surface area contributed by atoms with E-state index in [0.29, 0.717) is 0 Å². The quantitative estimate of drug-likeness (QED) is 0.694. The monoisotopic (exact) mass is 238 g/mol. The van der Waals surface area contributed by atoms with Gasteiger partial charge in [0.25, 0.3) is 0 Å². The van der Waals surface area contributed by atoms with Crippen LogP contribution in [0.1, 0.15) is 35.6 Å². The Balaban J connectivity index is 3.38. The molecule has 1 aromatic rings. The van der Waals surface area contributed by atoms with Crippen LogP contribution in [0, 0.1) is 20.8 Å². The Morgan fingerprint density at radius 1 is 1.07 bits per heavy atom. The normalized spacial score (nSPS) is 12.7. The molecule has 0 aromatic heterocycles. The van der Waals surface area contributed by atoms with Gasteiger partial charge >= 0.3 is 0 Å². The zero-order valence-corrected chi connectivity index (χ0v) is 11.5. The molecule has 82 valence electrons. The number of rotatable bonds is 2. The maximum absolute atomic E-state index is 4.57. The molecule has 0 unspecified atom stereocenters. The molecule has 0 aliphatic heterocycles. The molecule has 0 N–H and O–H groups in total. The second-order valence-corrected chi connectivity index (χ2v) is 4.91. The van der Waals surface area contributed by atoms with Gasteiger partial charge in [-0.25, -0.2) is 0 Å². The summed E-state index contributed by atoms with van der Waals surface area (Å²) in [5, 5.41) is 0. The fourth-order valence-corrected chi connectivity index (χ4v) is 2.49. The predicted molar refractivity (Wildman–Crippen MR) is 75.8 cm³/mol. The van der Waals surface area contributed by atoms with Crippen LogP contribution < -0.4 is 0 Å². The summed E-state index contributed by atoms with van der Waals surface area (Å²) in [6.07, 6.45) is 0.925. The van der Waals surface area contributed by atoms with E-state index in [1.807, 2.05) is 0 Å². The first-order chi connectivity index (χ1) is 6.97. The number of hydrogen-bond donors (Lipinski definition) is 2. The van der Waals surface area contributed by atoms with Gasteiger partial charge in [-0.3, -0.25) is 0 Å². The topological polar surface area (TPSA) is 0 Å². The summed E-state index contributed by atoms with van der Waals surface area (Å²) in [4.78, 5) is 2.06. The van der Waals surface area contributed by atoms with Gasteiger partial charge in [0.2, 0.25) is 0 Å². The van der Waals surface area contributed by atoms with Crippen LogP contribution in [-0.2, 0) is 0 Å². The molecule has 0 heterocycles. The summed E-state index contributed by atoms with van der Waals surface area (Å²) in [6, 6.07) is 4.38. The van der Waals surface area contributed by atoms with Crippen molar-refractivity contribution in [2.45, 2.75) is 34.1 Å². The Morgan fingerprint density at radius 2 is 1.53 bits per heavy atom. The highest BCUT2D eigenvalue weighted by molar-refractivity contribution is 7.93. The summed E-state index contributed by atoms with van der Waals surface area (Å²) in [6.45, 7) is 8.47. The summed E-state index contributed by atoms with van der Waals surface area (Å²) >= 11 is 9.03. The number of hydrogen-bond acceptors (Lipinski definition) is 2. The third kappa shape index (κ3) is 2.82. The lowest BCUT2D eigenvalue weighted by molar-refractivity contribution is 1.20. The molecular weight excluding hydrogens is 220 g/mol. The highest BCUT2D eigenvalue weighted by Crippen LogP contribution is 2.31. The van der Waals surface area contributed by atoms with Crippen LogP contribution in [0.3, 0.4) is 0 Å². The molecule has 0 saturated carbocycles. The van der Waals surface area contributed by atoms with Crippen molar-refractivity contribution in [3.63, 3.8) is 0 Å². The first-order valence-electron chi connectivity index (χ1n) is 5.16. The molecule has 15 heavy (non-hydrogen) atoms. The maximum atomic E-state index is 4.57. The van der Waals surface area contributed by atoms with E-state index in [1.54, 1.807) is 0 Å². The van der Waals surface area contributed by atoms with E-state index in [-0.39, 0.29) is 0 Å². The van der Waals surface area contributed by atoms with E-state index in [1.165, 1.54) is 22.3 Å². The van der Waals surface area contributed by atoms with Crippen LogP contribution in [0.25, 0.3) is 4.91 Å². The Hall–Kier alpha value is -0.340. The van der Waals surface area contributed by atoms with Crippen LogP contribution in [-0.4, -0.2) is 0 Å². The molecule has 0 nitrogen and oxygen atoms in total. The number of allylic oxidation sites excluding steroid dienone is 1. The second-order valence-electron chi connectivity index (χ2n) is 3.92. The zero-order valence-electron chi connectivity index (χ0n) is 9.76. The lowest BCUT2D eigenvalue weighted by Crippen LogP contribution is -1.92. The van der Waals surface area contributed by atoms with Gasteiger partial charge in [0.15, 0.2) is 0 Å². The highest BCUT2D eigenvalue weighted by atomic mass is 32.1. The number of benzene rings is 1. The third-order valence-corrected chi connectivity index (χ3v) is 3.73. The molecule has 1 aromatic carbocycles. The minimum Gasteiger partial charge on any atom is -0.147 e. The molecule has 1 rings (SSSR count). The summed E-state index contributed by atoms with van der Waals surface area (Å²) < 4.78 is 0. The van der Waals surface area contributed by atoms with Crippen LogP contribution in [0.2, 0.25) is 0 Å². The lowest BCUT2D eigenvalue weighted by Gasteiger charge is -2.13. The highest BCUT2D eigenvalue weighted by Gasteiger charge is 2.08. The fraction of sp³-hybridized carbons (Fsp3) is 0.385. The van der Waals surface area contributed by atoms with Gasteiger partial charge in [0.1, 0.15) is 0 Å². The molecule has 0 amide bonds. The summed E-state index contributed by atoms with van der Waals surface area (Å²) in [5.74, 6) is 0. The Kier molecular flexibility index (Phi) is 4.35. The SMILES string of the molecule is CCC(S)=C(S)c1c(C)cc(C)cc1C. The van der Waals surface area contributed by atoms with Gasteiger partial charge < -0.3 is 0 Å². The van der Waals surface area contributed by atoms with Crippen LogP contribution in [0.4, 0.5) is 0 Å². The molecule has 0 aliphatic rings. The van der Waals surface area contributed by atoms with E-state index in [4.69, 9.17) is 0 Å². The molecule has 0 saturated heterocycles. The van der Waals surface area contributed by atoms with E-state index in [9.17, 15) is 0 Å². The van der Waals surface area contributed by atoms with Crippen LogP contribution in [0.5, 0.6) is 0 Å². The van der Waals surface area contributed by atoms with Crippen molar-refractivity contribution in [1.82, 2.24) is 0 Å². The lowest BCUT2D eigenvalue weighted by atomic mass is 9.99. The molecular formula is C13H18S2. The molecule has 0 radical (unpaired) electrons. The van der Waals surface area contributed by atoms with Crippen molar-refractivity contribution < 1.29 is 0 Å². The average Bonchev–Trinajstić information content (AvgIpc) is 2.14. The minimum absolute atomic E-state index is 0.925. The van der Waals surface area contributed by atoms with E-state index < -0.39 is 0 Å². The fourth-order valence-electron chi connectivity index (χ4n) is 1.87. The molecule has 0 spiro atoms. The van der Waals surface area contributed by atoms with Crippen LogP contribution >= 0.6 is 25.3 Å². The van der Waals surface area contributed by atoms with Crippen LogP contribution in [0.15, 0.2) is 17.0 Å². The van der Waals surface area contributed by atoms with Gasteiger partial charge in [0.05, 0.1) is 0 Å². The smallest absolute Gasteiger partial charge is 0.0211 e. The number of aryl methyl sites for hydroxylation is 3. The second kappa shape index (κ2) is 5.13. The molecule has 0 fully saturated rings. The largest absolute Gasteiger partial charge is 0.147 e. The standard InChI is InChI=1S/C13H18S2/c1-5-11(14)13(15)12-9(3)6-8(2)7-10(12)4/h6-7,14-15H,5H2,1-4H3. The number of thiol groups is 2. The predicted octanol–water partition coefficient (Wildman–Crippen LogP) is 4.55. The van der Waals surface area contributed by atoms with E-state index >= 15 is 0 Å². The first kappa shape index (κ1) is 12.7. The van der Waals surface area contributed by atoms with E-state index in [0.717, 1.165) is 16.2 Å². The van der Waals surface area contributed by atoms with Crippen molar-refractivity contribution in [3.05, 3.63) is 39.3 Å². The summed E-state index contributed by atoms with van der Waals surface area (Å²) in [7, 11) is 0. The third-order valence-electron chi connectivity index (χ3n) is 2.52. The molecule has 2 heteroatoms. The Morgan fingerprint density at radius 3 is 1.93 bits per heavy atom. The van der Waals surface area contributed by atoms with E-state index in [2.05, 4.69) is 65.1 Å². The van der Waals surface area contributed by atoms with Gasteiger partial charge in [-0.1, -0.05) is 24.6 Å². The Labute approximate surface area is 104 Å². The van der Waals surface area contributed by atoms with Crippen molar-refractivity contribution in [1.29, 1.82) is 0 Å². The van der Waals surface area contributed by atoms with Crippen molar-refractivity contribution in [2.75, 3.05) is 0 Å². The van der Waals surface area contributed by atoms with Gasteiger partial charge in [-0.2, -0.15) is 0 Å². The Bertz CT molecular complexity index is 380. The zero-order chi connectivity index (χ0) is 11.6. The van der Waals surface area contributed by atoms with Gasteiger partial charge in [-0.15, -0.1) is 25.3 Å². The average molecular weight is 238 g/mol. The first-order valence-corrected chi connectivity index (χ1v) is 6.06. The maximum Gasteiger partial charge on any atom is 0.0211 e. The van der Waals surface area contributed by atoms with Gasteiger partial charge in [0, 0.05) is 4.91 Å². The molecule has 0 bridgehead atoms. The van der Waals surface area contributed by atoms with Crippen molar-refractivity contribution in [2.24, 2.45) is 0 Å². The molecule has 0 atom stereocenters. The molecule has 0 aliphatic carbocycles. The minimum atomic E-state index is 0.925. The van der Waals surface area contributed by atoms with Crippen molar-refractivity contribution in [3.8, 4) is 0 Å².